The lowest BCUT2D eigenvalue weighted by Crippen LogP contribution is -2.52. The third kappa shape index (κ3) is 3.01. The van der Waals surface area contributed by atoms with Crippen LogP contribution in [0, 0.1) is 0 Å². The molecule has 2 rings (SSSR count). The molecule has 0 saturated carbocycles. The second kappa shape index (κ2) is 6.11. The number of methoxy groups -OCH3 is 1. The van der Waals surface area contributed by atoms with Crippen LogP contribution >= 0.6 is 0 Å². The molecule has 1 amide bonds. The third-order valence-electron chi connectivity index (χ3n) is 4.60. The molecule has 0 heterocycles. The number of benzene rings is 1. The van der Waals surface area contributed by atoms with Crippen molar-refractivity contribution in [3.8, 4) is 0 Å². The summed E-state index contributed by atoms with van der Waals surface area (Å²) in [7, 11) is 1.40. The van der Waals surface area contributed by atoms with E-state index in [-0.39, 0.29) is 17.0 Å². The number of rotatable bonds is 4. The molecule has 22 heavy (non-hydrogen) atoms. The predicted octanol–water partition coefficient (Wildman–Crippen LogP) is 3.33. The van der Waals surface area contributed by atoms with Gasteiger partial charge in [0.1, 0.15) is 6.29 Å². The first-order valence-corrected chi connectivity index (χ1v) is 7.72. The Morgan fingerprint density at radius 2 is 2.05 bits per heavy atom. The van der Waals surface area contributed by atoms with E-state index >= 15 is 0 Å². The predicted molar refractivity (Wildman–Crippen MR) is 86.0 cm³/mol. The van der Waals surface area contributed by atoms with Gasteiger partial charge in [-0.1, -0.05) is 24.3 Å². The maximum atomic E-state index is 12.2. The van der Waals surface area contributed by atoms with Crippen LogP contribution in [0.15, 0.2) is 24.3 Å². The topological polar surface area (TPSA) is 46.6 Å². The number of carbonyl (C=O) groups excluding carboxylic acids is 2. The van der Waals surface area contributed by atoms with Crippen molar-refractivity contribution in [3.05, 3.63) is 35.4 Å². The zero-order valence-corrected chi connectivity index (χ0v) is 13.9. The summed E-state index contributed by atoms with van der Waals surface area (Å²) in [5.74, 6) is 0. The number of hydrogen-bond donors (Lipinski definition) is 0. The van der Waals surface area contributed by atoms with Crippen molar-refractivity contribution in [2.45, 2.75) is 51.0 Å². The van der Waals surface area contributed by atoms with Gasteiger partial charge in [-0.3, -0.25) is 0 Å². The van der Waals surface area contributed by atoms with Gasteiger partial charge in [0.25, 0.3) is 0 Å². The molecule has 4 nitrogen and oxygen atoms in total. The minimum atomic E-state index is -0.361. The number of aryl methyl sites for hydroxylation is 1. The number of aldehydes is 1. The highest BCUT2D eigenvalue weighted by Gasteiger charge is 2.43. The van der Waals surface area contributed by atoms with Crippen molar-refractivity contribution in [1.82, 2.24) is 4.90 Å². The lowest BCUT2D eigenvalue weighted by atomic mass is 9.78. The number of fused-ring (bicyclic) bond motifs is 1. The summed E-state index contributed by atoms with van der Waals surface area (Å²) in [6.45, 7) is 6.46. The first-order valence-electron chi connectivity index (χ1n) is 7.72. The van der Waals surface area contributed by atoms with Crippen LogP contribution in [0.1, 0.15) is 44.7 Å². The maximum absolute atomic E-state index is 12.2. The van der Waals surface area contributed by atoms with Crippen LogP contribution in [0.3, 0.4) is 0 Å². The van der Waals surface area contributed by atoms with Gasteiger partial charge < -0.3 is 14.4 Å². The summed E-state index contributed by atoms with van der Waals surface area (Å²) in [4.78, 5) is 25.3. The second-order valence-corrected chi connectivity index (χ2v) is 7.04. The highest BCUT2D eigenvalue weighted by molar-refractivity contribution is 5.69. The molecule has 0 saturated heterocycles. The first-order chi connectivity index (χ1) is 10.3. The third-order valence-corrected chi connectivity index (χ3v) is 4.60. The molecular weight excluding hydrogens is 278 g/mol. The van der Waals surface area contributed by atoms with Crippen molar-refractivity contribution in [1.29, 1.82) is 0 Å². The molecule has 0 N–H and O–H groups in total. The van der Waals surface area contributed by atoms with Crippen LogP contribution in [0.4, 0.5) is 4.79 Å². The fourth-order valence-corrected chi connectivity index (χ4v) is 3.35. The molecular formula is C18H25NO3. The molecule has 1 aliphatic rings. The molecule has 1 atom stereocenters. The van der Waals surface area contributed by atoms with Gasteiger partial charge in [-0.05, 0) is 44.7 Å². The molecule has 1 aromatic carbocycles. The summed E-state index contributed by atoms with van der Waals surface area (Å²) in [5.41, 5.74) is 1.81. The van der Waals surface area contributed by atoms with E-state index in [1.165, 1.54) is 18.2 Å². The van der Waals surface area contributed by atoms with Gasteiger partial charge in [-0.2, -0.15) is 0 Å². The molecule has 1 aliphatic carbocycles. The Hall–Kier alpha value is -1.84. The van der Waals surface area contributed by atoms with Crippen molar-refractivity contribution in [3.63, 3.8) is 0 Å². The van der Waals surface area contributed by atoms with Crippen molar-refractivity contribution in [2.24, 2.45) is 0 Å². The Bertz CT molecular complexity index is 562. The fraction of sp³-hybridized carbons (Fsp3) is 0.556. The second-order valence-electron chi connectivity index (χ2n) is 7.04. The quantitative estimate of drug-likeness (QED) is 0.802. The number of amides is 1. The average molecular weight is 303 g/mol. The van der Waals surface area contributed by atoms with Crippen LogP contribution < -0.4 is 0 Å². The van der Waals surface area contributed by atoms with Crippen LogP contribution in [-0.4, -0.2) is 36.5 Å². The van der Waals surface area contributed by atoms with Gasteiger partial charge >= 0.3 is 6.09 Å². The van der Waals surface area contributed by atoms with E-state index in [9.17, 15) is 9.59 Å². The van der Waals surface area contributed by atoms with E-state index in [0.29, 0.717) is 13.0 Å². The number of nitrogens with zero attached hydrogens (tertiary/aromatic N) is 1. The van der Waals surface area contributed by atoms with Crippen molar-refractivity contribution in [2.75, 3.05) is 13.7 Å². The van der Waals surface area contributed by atoms with Gasteiger partial charge in [-0.15, -0.1) is 0 Å². The first kappa shape index (κ1) is 16.5. The number of hydrogen-bond acceptors (Lipinski definition) is 3. The van der Waals surface area contributed by atoms with Crippen LogP contribution in [0.25, 0.3) is 0 Å². The highest BCUT2D eigenvalue weighted by Crippen LogP contribution is 2.42. The normalized spacial score (nSPS) is 20.4. The molecule has 1 unspecified atom stereocenters. The summed E-state index contributed by atoms with van der Waals surface area (Å²) in [5, 5.41) is 0. The Kier molecular flexibility index (Phi) is 4.59. The highest BCUT2D eigenvalue weighted by atomic mass is 16.5. The van der Waals surface area contributed by atoms with Gasteiger partial charge in [0.15, 0.2) is 0 Å². The molecule has 0 fully saturated rings. The SMILES string of the molecule is COC(=O)N(CC1(CC=O)CCc2ccccc21)C(C)(C)C. The fourth-order valence-electron chi connectivity index (χ4n) is 3.35. The molecule has 0 bridgehead atoms. The monoisotopic (exact) mass is 303 g/mol. The molecule has 1 aromatic rings. The van der Waals surface area contributed by atoms with E-state index < -0.39 is 0 Å². The number of carbonyl (C=O) groups is 2. The Labute approximate surface area is 132 Å². The van der Waals surface area contributed by atoms with E-state index in [0.717, 1.165) is 19.1 Å². The lowest BCUT2D eigenvalue weighted by Gasteiger charge is -2.41. The van der Waals surface area contributed by atoms with E-state index in [1.807, 2.05) is 32.9 Å². The molecule has 0 spiro atoms. The zero-order valence-electron chi connectivity index (χ0n) is 13.9. The zero-order chi connectivity index (χ0) is 16.4. The summed E-state index contributed by atoms with van der Waals surface area (Å²) >= 11 is 0. The summed E-state index contributed by atoms with van der Waals surface area (Å²) in [6.07, 6.45) is 2.88. The minimum Gasteiger partial charge on any atom is -0.453 e. The standard InChI is InChI=1S/C18H25NO3/c1-17(2,3)19(16(21)22-4)13-18(11-12-20)10-9-14-7-5-6-8-15(14)18/h5-8,12H,9-11,13H2,1-4H3. The lowest BCUT2D eigenvalue weighted by molar-refractivity contribution is -0.109. The van der Waals surface area contributed by atoms with Crippen molar-refractivity contribution < 1.29 is 14.3 Å². The van der Waals surface area contributed by atoms with Gasteiger partial charge in [0.2, 0.25) is 0 Å². The summed E-state index contributed by atoms with van der Waals surface area (Å²) in [6, 6.07) is 8.23. The van der Waals surface area contributed by atoms with Crippen LogP contribution in [-0.2, 0) is 21.4 Å². The van der Waals surface area contributed by atoms with Crippen LogP contribution in [0.5, 0.6) is 0 Å². The van der Waals surface area contributed by atoms with E-state index in [1.54, 1.807) is 4.90 Å². The van der Waals surface area contributed by atoms with Crippen molar-refractivity contribution >= 4 is 12.4 Å². The molecule has 4 heteroatoms. The molecule has 120 valence electrons. The molecule has 0 aliphatic heterocycles. The van der Waals surface area contributed by atoms with Gasteiger partial charge in [0, 0.05) is 23.9 Å². The Morgan fingerprint density at radius 3 is 2.64 bits per heavy atom. The molecule has 0 aromatic heterocycles. The van der Waals surface area contributed by atoms with Gasteiger partial charge in [-0.25, -0.2) is 4.79 Å². The number of ether oxygens (including phenoxy) is 1. The molecule has 0 radical (unpaired) electrons. The smallest absolute Gasteiger partial charge is 0.409 e. The van der Waals surface area contributed by atoms with E-state index in [4.69, 9.17) is 4.74 Å². The largest absolute Gasteiger partial charge is 0.453 e. The van der Waals surface area contributed by atoms with Gasteiger partial charge in [0.05, 0.1) is 7.11 Å². The average Bonchev–Trinajstić information content (AvgIpc) is 2.83. The minimum absolute atomic E-state index is 0.306. The van der Waals surface area contributed by atoms with Crippen LogP contribution in [0.2, 0.25) is 0 Å². The maximum Gasteiger partial charge on any atom is 0.409 e. The summed E-state index contributed by atoms with van der Waals surface area (Å²) < 4.78 is 4.96. The Balaban J connectivity index is 2.41. The van der Waals surface area contributed by atoms with E-state index in [2.05, 4.69) is 12.1 Å². The Morgan fingerprint density at radius 1 is 1.36 bits per heavy atom.